The Bertz CT molecular complexity index is 1030. The maximum atomic E-state index is 11.7. The third-order valence-electron chi connectivity index (χ3n) is 4.47. The number of halogens is 1. The fourth-order valence-electron chi connectivity index (χ4n) is 3.02. The number of hydrogen-bond acceptors (Lipinski definition) is 5. The molecule has 0 bridgehead atoms. The average molecular weight is 441 g/mol. The molecule has 2 N–H and O–H groups in total. The van der Waals surface area contributed by atoms with Gasteiger partial charge in [0.05, 0.1) is 24.4 Å². The molecule has 7 nitrogen and oxygen atoms in total. The van der Waals surface area contributed by atoms with Gasteiger partial charge in [-0.05, 0) is 36.8 Å². The summed E-state index contributed by atoms with van der Waals surface area (Å²) in [5, 5.41) is 11.4. The monoisotopic (exact) mass is 440 g/mol. The molecule has 0 radical (unpaired) electrons. The van der Waals surface area contributed by atoms with Crippen molar-refractivity contribution in [3.05, 3.63) is 65.2 Å². The lowest BCUT2D eigenvalue weighted by molar-refractivity contribution is -0.143. The molecule has 3 rings (SSSR count). The average Bonchev–Trinajstić information content (AvgIpc) is 3.15. The van der Waals surface area contributed by atoms with E-state index in [2.05, 4.69) is 15.7 Å². The molecule has 0 fully saturated rings. The number of anilines is 1. The summed E-state index contributed by atoms with van der Waals surface area (Å²) in [6.45, 7) is 4.84. The molecule has 3 aromatic rings. The maximum absolute atomic E-state index is 11.7. The Morgan fingerprint density at radius 1 is 1.10 bits per heavy atom. The number of amides is 1. The van der Waals surface area contributed by atoms with E-state index >= 15 is 0 Å². The first-order chi connectivity index (χ1) is 15.0. The van der Waals surface area contributed by atoms with Gasteiger partial charge < -0.3 is 15.4 Å². The standard InChI is InChI=1S/C23H25ClN4O3/c1-3-31-23(30)12-13-25-15-17-4-10-20(11-5-17)28-22(26-16(2)29)14-21(27-28)18-6-8-19(24)9-7-18/h4-11,14,25H,3,12-13,15H2,1-2H3,(H,26,29). The molecule has 31 heavy (non-hydrogen) atoms. The minimum Gasteiger partial charge on any atom is -0.466 e. The van der Waals surface area contributed by atoms with Gasteiger partial charge in [-0.25, -0.2) is 4.68 Å². The van der Waals surface area contributed by atoms with E-state index in [0.29, 0.717) is 37.0 Å². The van der Waals surface area contributed by atoms with Crippen LogP contribution in [0.3, 0.4) is 0 Å². The summed E-state index contributed by atoms with van der Waals surface area (Å²) < 4.78 is 6.61. The molecule has 0 saturated heterocycles. The van der Waals surface area contributed by atoms with Crippen LogP contribution < -0.4 is 10.6 Å². The number of benzene rings is 2. The van der Waals surface area contributed by atoms with Gasteiger partial charge in [-0.2, -0.15) is 5.10 Å². The molecule has 1 amide bonds. The Morgan fingerprint density at radius 3 is 2.45 bits per heavy atom. The minimum absolute atomic E-state index is 0.175. The first kappa shape index (κ1) is 22.5. The van der Waals surface area contributed by atoms with Crippen LogP contribution in [0, 0.1) is 0 Å². The van der Waals surface area contributed by atoms with Crippen LogP contribution >= 0.6 is 11.6 Å². The normalized spacial score (nSPS) is 10.7. The molecule has 162 valence electrons. The van der Waals surface area contributed by atoms with Crippen molar-refractivity contribution in [3.63, 3.8) is 0 Å². The summed E-state index contributed by atoms with van der Waals surface area (Å²) in [5.74, 6) is 0.204. The zero-order valence-electron chi connectivity index (χ0n) is 17.5. The molecule has 0 unspecified atom stereocenters. The van der Waals surface area contributed by atoms with E-state index in [4.69, 9.17) is 16.3 Å². The van der Waals surface area contributed by atoms with Crippen LogP contribution in [0.25, 0.3) is 16.9 Å². The van der Waals surface area contributed by atoms with Crippen molar-refractivity contribution in [1.29, 1.82) is 0 Å². The fraction of sp³-hybridized carbons (Fsp3) is 0.261. The van der Waals surface area contributed by atoms with Gasteiger partial charge in [-0.1, -0.05) is 35.9 Å². The Hall–Kier alpha value is -3.16. The Morgan fingerprint density at radius 2 is 1.81 bits per heavy atom. The molecule has 0 saturated carbocycles. The van der Waals surface area contributed by atoms with Crippen LogP contribution in [0.1, 0.15) is 25.8 Å². The smallest absolute Gasteiger partial charge is 0.307 e. The van der Waals surface area contributed by atoms with E-state index in [1.165, 1.54) is 6.92 Å². The minimum atomic E-state index is -0.203. The highest BCUT2D eigenvalue weighted by atomic mass is 35.5. The van der Waals surface area contributed by atoms with Gasteiger partial charge in [0.2, 0.25) is 5.91 Å². The Labute approximate surface area is 186 Å². The quantitative estimate of drug-likeness (QED) is 0.385. The van der Waals surface area contributed by atoms with E-state index in [-0.39, 0.29) is 11.9 Å². The largest absolute Gasteiger partial charge is 0.466 e. The zero-order valence-corrected chi connectivity index (χ0v) is 18.3. The number of aromatic nitrogens is 2. The van der Waals surface area contributed by atoms with Crippen molar-refractivity contribution in [2.24, 2.45) is 0 Å². The third kappa shape index (κ3) is 6.41. The van der Waals surface area contributed by atoms with Crippen molar-refractivity contribution < 1.29 is 14.3 Å². The number of carbonyl (C=O) groups is 2. The highest BCUT2D eigenvalue weighted by Crippen LogP contribution is 2.26. The van der Waals surface area contributed by atoms with Crippen molar-refractivity contribution in [2.75, 3.05) is 18.5 Å². The van der Waals surface area contributed by atoms with Crippen molar-refractivity contribution >= 4 is 29.3 Å². The predicted octanol–water partition coefficient (Wildman–Crippen LogP) is 4.19. The summed E-state index contributed by atoms with van der Waals surface area (Å²) >= 11 is 5.98. The summed E-state index contributed by atoms with van der Waals surface area (Å²) in [5.41, 5.74) is 3.51. The molecule has 0 aliphatic rings. The fourth-order valence-corrected chi connectivity index (χ4v) is 3.15. The Balaban J connectivity index is 1.72. The van der Waals surface area contributed by atoms with Crippen LogP contribution in [-0.4, -0.2) is 34.8 Å². The lowest BCUT2D eigenvalue weighted by Gasteiger charge is -2.09. The molecule has 0 aliphatic carbocycles. The predicted molar refractivity (Wildman–Crippen MR) is 121 cm³/mol. The van der Waals surface area contributed by atoms with Gasteiger partial charge in [0.1, 0.15) is 5.82 Å². The number of ether oxygens (including phenoxy) is 1. The van der Waals surface area contributed by atoms with Gasteiger partial charge >= 0.3 is 5.97 Å². The van der Waals surface area contributed by atoms with E-state index in [1.54, 1.807) is 23.7 Å². The summed E-state index contributed by atoms with van der Waals surface area (Å²) in [7, 11) is 0. The number of esters is 1. The summed E-state index contributed by atoms with van der Waals surface area (Å²) in [4.78, 5) is 23.0. The van der Waals surface area contributed by atoms with E-state index < -0.39 is 0 Å². The van der Waals surface area contributed by atoms with E-state index in [0.717, 1.165) is 22.5 Å². The second-order valence-corrected chi connectivity index (χ2v) is 7.35. The van der Waals surface area contributed by atoms with Gasteiger partial charge in [0.25, 0.3) is 0 Å². The number of hydrogen-bond donors (Lipinski definition) is 2. The van der Waals surface area contributed by atoms with E-state index in [9.17, 15) is 9.59 Å². The van der Waals surface area contributed by atoms with Crippen LogP contribution in [0.4, 0.5) is 5.82 Å². The highest BCUT2D eigenvalue weighted by Gasteiger charge is 2.12. The van der Waals surface area contributed by atoms with Gasteiger partial charge in [-0.3, -0.25) is 9.59 Å². The van der Waals surface area contributed by atoms with Crippen molar-refractivity contribution in [2.45, 2.75) is 26.8 Å². The number of nitrogens with one attached hydrogen (secondary N) is 2. The van der Waals surface area contributed by atoms with Crippen LogP contribution in [0.2, 0.25) is 5.02 Å². The first-order valence-electron chi connectivity index (χ1n) is 10.1. The number of nitrogens with zero attached hydrogens (tertiary/aromatic N) is 2. The third-order valence-corrected chi connectivity index (χ3v) is 4.73. The Kier molecular flexibility index (Phi) is 7.81. The molecule has 1 aromatic heterocycles. The second-order valence-electron chi connectivity index (χ2n) is 6.91. The molecule has 0 atom stereocenters. The number of carbonyl (C=O) groups excluding carboxylic acids is 2. The molecule has 0 aliphatic heterocycles. The van der Waals surface area contributed by atoms with Crippen molar-refractivity contribution in [3.8, 4) is 16.9 Å². The molecule has 8 heteroatoms. The second kappa shape index (κ2) is 10.7. The van der Waals surface area contributed by atoms with Gasteiger partial charge in [-0.15, -0.1) is 0 Å². The SMILES string of the molecule is CCOC(=O)CCNCc1ccc(-n2nc(-c3ccc(Cl)cc3)cc2NC(C)=O)cc1. The lowest BCUT2D eigenvalue weighted by Crippen LogP contribution is -2.19. The molecule has 2 aromatic carbocycles. The summed E-state index contributed by atoms with van der Waals surface area (Å²) in [6, 6.07) is 17.0. The van der Waals surface area contributed by atoms with E-state index in [1.807, 2.05) is 42.5 Å². The zero-order chi connectivity index (χ0) is 22.2. The van der Waals surface area contributed by atoms with Crippen LogP contribution in [0.15, 0.2) is 54.6 Å². The number of rotatable bonds is 9. The molecular weight excluding hydrogens is 416 g/mol. The van der Waals surface area contributed by atoms with Gasteiger partial charge in [0, 0.05) is 36.7 Å². The first-order valence-corrected chi connectivity index (χ1v) is 10.4. The van der Waals surface area contributed by atoms with Crippen LogP contribution in [0.5, 0.6) is 0 Å². The highest BCUT2D eigenvalue weighted by molar-refractivity contribution is 6.30. The lowest BCUT2D eigenvalue weighted by atomic mass is 10.1. The van der Waals surface area contributed by atoms with Crippen molar-refractivity contribution in [1.82, 2.24) is 15.1 Å². The molecule has 1 heterocycles. The topological polar surface area (TPSA) is 85.2 Å². The molecular formula is C23H25ClN4O3. The van der Waals surface area contributed by atoms with Gasteiger partial charge in [0.15, 0.2) is 0 Å². The summed E-state index contributed by atoms with van der Waals surface area (Å²) in [6.07, 6.45) is 0.340. The maximum Gasteiger partial charge on any atom is 0.307 e. The van der Waals surface area contributed by atoms with Crippen LogP contribution in [-0.2, 0) is 20.9 Å². The molecule has 0 spiro atoms.